The summed E-state index contributed by atoms with van der Waals surface area (Å²) in [6.45, 7) is 0. The molecule has 0 aliphatic carbocycles. The van der Waals surface area contributed by atoms with Crippen LogP contribution < -0.4 is 10.5 Å². The van der Waals surface area contributed by atoms with Crippen LogP contribution in [0.3, 0.4) is 0 Å². The van der Waals surface area contributed by atoms with Crippen molar-refractivity contribution in [3.63, 3.8) is 0 Å². The molecule has 3 N–H and O–H groups in total. The Bertz CT molecular complexity index is 746. The smallest absolute Gasteiger partial charge is 0.261 e. The van der Waals surface area contributed by atoms with Crippen LogP contribution in [0.1, 0.15) is 0 Å². The average molecular weight is 363 g/mol. The molecule has 0 amide bonds. The van der Waals surface area contributed by atoms with E-state index in [1.165, 1.54) is 18.2 Å². The molecule has 0 aliphatic heterocycles. The van der Waals surface area contributed by atoms with E-state index in [4.69, 9.17) is 5.73 Å². The molecule has 8 heteroatoms. The number of nitrogens with one attached hydrogen (secondary N) is 1. The molecule has 0 aliphatic rings. The topological polar surface area (TPSA) is 72.2 Å². The second kappa shape index (κ2) is 5.37. The van der Waals surface area contributed by atoms with Gasteiger partial charge in [-0.1, -0.05) is 0 Å². The van der Waals surface area contributed by atoms with Crippen LogP contribution in [0.5, 0.6) is 0 Å². The zero-order valence-corrected chi connectivity index (χ0v) is 12.3. The highest BCUT2D eigenvalue weighted by atomic mass is 79.9. The van der Waals surface area contributed by atoms with Gasteiger partial charge in [-0.2, -0.15) is 0 Å². The molecule has 0 unspecified atom stereocenters. The summed E-state index contributed by atoms with van der Waals surface area (Å²) in [5.74, 6) is -1.75. The van der Waals surface area contributed by atoms with Crippen LogP contribution >= 0.6 is 15.9 Å². The van der Waals surface area contributed by atoms with Gasteiger partial charge in [-0.25, -0.2) is 17.2 Å². The van der Waals surface area contributed by atoms with Gasteiger partial charge in [0.25, 0.3) is 10.0 Å². The number of nitrogens with two attached hydrogens (primary N) is 1. The molecule has 4 nitrogen and oxygen atoms in total. The number of anilines is 2. The minimum absolute atomic E-state index is 0.108. The first-order valence-corrected chi connectivity index (χ1v) is 7.59. The molecule has 0 radical (unpaired) electrons. The molecule has 0 aromatic heterocycles. The highest BCUT2D eigenvalue weighted by molar-refractivity contribution is 9.10. The Morgan fingerprint density at radius 1 is 1.05 bits per heavy atom. The molecule has 20 heavy (non-hydrogen) atoms. The largest absolute Gasteiger partial charge is 0.398 e. The zero-order chi connectivity index (χ0) is 14.9. The van der Waals surface area contributed by atoms with Crippen molar-refractivity contribution in [1.29, 1.82) is 0 Å². The molecule has 106 valence electrons. The second-order valence-corrected chi connectivity index (χ2v) is 6.48. The summed E-state index contributed by atoms with van der Waals surface area (Å²) in [4.78, 5) is -0.108. The molecule has 2 aromatic carbocycles. The minimum Gasteiger partial charge on any atom is -0.398 e. The van der Waals surface area contributed by atoms with Gasteiger partial charge in [0.05, 0.1) is 10.6 Å². The molecule has 0 atom stereocenters. The summed E-state index contributed by atoms with van der Waals surface area (Å²) in [5, 5.41) is 0. The van der Waals surface area contributed by atoms with Gasteiger partial charge in [-0.3, -0.25) is 4.72 Å². The second-order valence-electron chi connectivity index (χ2n) is 3.95. The monoisotopic (exact) mass is 362 g/mol. The Morgan fingerprint density at radius 2 is 1.65 bits per heavy atom. The van der Waals surface area contributed by atoms with E-state index in [-0.39, 0.29) is 16.3 Å². The van der Waals surface area contributed by atoms with Gasteiger partial charge in [0.2, 0.25) is 0 Å². The van der Waals surface area contributed by atoms with Crippen LogP contribution in [0.15, 0.2) is 45.8 Å². The van der Waals surface area contributed by atoms with Gasteiger partial charge in [0.1, 0.15) is 11.6 Å². The average Bonchev–Trinajstić information content (AvgIpc) is 2.30. The van der Waals surface area contributed by atoms with Crippen molar-refractivity contribution in [2.45, 2.75) is 4.90 Å². The number of benzene rings is 2. The first-order valence-electron chi connectivity index (χ1n) is 5.32. The van der Waals surface area contributed by atoms with E-state index in [0.29, 0.717) is 10.5 Å². The van der Waals surface area contributed by atoms with E-state index in [9.17, 15) is 17.2 Å². The molecule has 0 bridgehead atoms. The summed E-state index contributed by atoms with van der Waals surface area (Å²) >= 11 is 3.14. The quantitative estimate of drug-likeness (QED) is 0.824. The lowest BCUT2D eigenvalue weighted by Gasteiger charge is -2.09. The van der Waals surface area contributed by atoms with Gasteiger partial charge in [-0.05, 0) is 46.3 Å². The van der Waals surface area contributed by atoms with E-state index in [1.807, 2.05) is 0 Å². The Kier molecular flexibility index (Phi) is 3.96. The molecule has 2 aromatic rings. The molecule has 0 spiro atoms. The molecule has 2 rings (SSSR count). The summed E-state index contributed by atoms with van der Waals surface area (Å²) < 4.78 is 52.8. The lowest BCUT2D eigenvalue weighted by atomic mass is 10.3. The van der Waals surface area contributed by atoms with Crippen LogP contribution in [-0.4, -0.2) is 8.42 Å². The predicted molar refractivity (Wildman–Crippen MR) is 75.7 cm³/mol. The van der Waals surface area contributed by atoms with Crippen LogP contribution in [0.4, 0.5) is 20.2 Å². The van der Waals surface area contributed by atoms with E-state index >= 15 is 0 Å². The van der Waals surface area contributed by atoms with Crippen LogP contribution in [0.25, 0.3) is 0 Å². The van der Waals surface area contributed by atoms with Crippen molar-refractivity contribution >= 4 is 37.3 Å². The van der Waals surface area contributed by atoms with Gasteiger partial charge in [-0.15, -0.1) is 0 Å². The Morgan fingerprint density at radius 3 is 2.20 bits per heavy atom. The van der Waals surface area contributed by atoms with Gasteiger partial charge >= 0.3 is 0 Å². The number of hydrogen-bond donors (Lipinski definition) is 2. The molecular weight excluding hydrogens is 354 g/mol. The predicted octanol–water partition coefficient (Wildman–Crippen LogP) is 3.11. The van der Waals surface area contributed by atoms with Crippen molar-refractivity contribution in [3.05, 3.63) is 52.5 Å². The Hall–Kier alpha value is -1.67. The third kappa shape index (κ3) is 3.26. The van der Waals surface area contributed by atoms with E-state index in [0.717, 1.165) is 12.1 Å². The maximum Gasteiger partial charge on any atom is 0.261 e. The maximum absolute atomic E-state index is 13.0. The molecular formula is C12H9BrF2N2O2S. The van der Waals surface area contributed by atoms with Gasteiger partial charge < -0.3 is 5.73 Å². The maximum atomic E-state index is 13.0. The number of sulfonamides is 1. The van der Waals surface area contributed by atoms with E-state index in [1.54, 1.807) is 0 Å². The minimum atomic E-state index is -3.97. The van der Waals surface area contributed by atoms with Crippen LogP contribution in [0, 0.1) is 11.6 Å². The highest BCUT2D eigenvalue weighted by Crippen LogP contribution is 2.24. The number of nitrogen functional groups attached to an aromatic ring is 1. The van der Waals surface area contributed by atoms with Crippen LogP contribution in [-0.2, 0) is 10.0 Å². The van der Waals surface area contributed by atoms with E-state index in [2.05, 4.69) is 20.7 Å². The molecule has 0 fully saturated rings. The first kappa shape index (κ1) is 14.7. The number of rotatable bonds is 3. The fourth-order valence-corrected chi connectivity index (χ4v) is 2.84. The van der Waals surface area contributed by atoms with Crippen molar-refractivity contribution in [3.8, 4) is 0 Å². The third-order valence-electron chi connectivity index (χ3n) is 2.39. The van der Waals surface area contributed by atoms with Crippen molar-refractivity contribution in [2.24, 2.45) is 0 Å². The zero-order valence-electron chi connectivity index (χ0n) is 9.90. The van der Waals surface area contributed by atoms with Crippen molar-refractivity contribution in [2.75, 3.05) is 10.5 Å². The molecule has 0 saturated carbocycles. The first-order chi connectivity index (χ1) is 9.28. The lowest BCUT2D eigenvalue weighted by molar-refractivity contribution is 0.584. The standard InChI is InChI=1S/C12H9BrF2N2O2S/c13-11-2-1-10(6-12(11)16)20(18,19)17-9-4-7(14)3-8(15)5-9/h1-6,17H,16H2. The van der Waals surface area contributed by atoms with Crippen molar-refractivity contribution in [1.82, 2.24) is 0 Å². The summed E-state index contributed by atoms with van der Waals surface area (Å²) in [6.07, 6.45) is 0. The fourth-order valence-electron chi connectivity index (χ4n) is 1.52. The SMILES string of the molecule is Nc1cc(S(=O)(=O)Nc2cc(F)cc(F)c2)ccc1Br. The number of halogens is 3. The summed E-state index contributed by atoms with van der Waals surface area (Å²) in [5.41, 5.74) is 5.63. The van der Waals surface area contributed by atoms with Crippen molar-refractivity contribution < 1.29 is 17.2 Å². The summed E-state index contributed by atoms with van der Waals surface area (Å²) in [6, 6.07) is 6.43. The van der Waals surface area contributed by atoms with E-state index < -0.39 is 21.7 Å². The van der Waals surface area contributed by atoms with Gasteiger partial charge in [0, 0.05) is 16.2 Å². The van der Waals surface area contributed by atoms with Crippen LogP contribution in [0.2, 0.25) is 0 Å². The molecule has 0 heterocycles. The number of hydrogen-bond acceptors (Lipinski definition) is 3. The lowest BCUT2D eigenvalue weighted by Crippen LogP contribution is -2.13. The normalized spacial score (nSPS) is 11.3. The highest BCUT2D eigenvalue weighted by Gasteiger charge is 2.16. The fraction of sp³-hybridized carbons (Fsp3) is 0. The molecule has 0 saturated heterocycles. The van der Waals surface area contributed by atoms with Gasteiger partial charge in [0.15, 0.2) is 0 Å². The Balaban J connectivity index is 2.37. The Labute approximate surface area is 122 Å². The third-order valence-corrected chi connectivity index (χ3v) is 4.49. The summed E-state index contributed by atoms with van der Waals surface area (Å²) in [7, 11) is -3.97.